The molecule has 0 saturated heterocycles. The van der Waals surface area contributed by atoms with Crippen LogP contribution in [0.25, 0.3) is 0 Å². The number of benzene rings is 1. The highest BCUT2D eigenvalue weighted by Gasteiger charge is 2.20. The van der Waals surface area contributed by atoms with Crippen molar-refractivity contribution in [1.82, 2.24) is 4.98 Å². The molecule has 0 radical (unpaired) electrons. The third kappa shape index (κ3) is 4.84. The zero-order valence-electron chi connectivity index (χ0n) is 16.6. The van der Waals surface area contributed by atoms with E-state index < -0.39 is 0 Å². The fourth-order valence-corrected chi connectivity index (χ4v) is 2.88. The lowest BCUT2D eigenvalue weighted by Gasteiger charge is -2.17. The molecule has 1 N–H and O–H groups in total. The Hall–Kier alpha value is -2.36. The standard InChI is InChI=1S/C22H30N2O2/c1-6-8-13-26-20-14-16(4)23-19(10-7-2)21(20)22(25)24-18-12-9-11-15(3)17(18)5/h9,11-12,14H,6-8,10,13H2,1-5H3,(H,24,25). The summed E-state index contributed by atoms with van der Waals surface area (Å²) in [6.45, 7) is 10.8. The van der Waals surface area contributed by atoms with Crippen LogP contribution in [0.1, 0.15) is 66.0 Å². The maximum atomic E-state index is 13.1. The summed E-state index contributed by atoms with van der Waals surface area (Å²) >= 11 is 0. The topological polar surface area (TPSA) is 51.2 Å². The smallest absolute Gasteiger partial charge is 0.261 e. The van der Waals surface area contributed by atoms with Gasteiger partial charge in [-0.3, -0.25) is 9.78 Å². The predicted octanol–water partition coefficient (Wildman–Crippen LogP) is 5.39. The van der Waals surface area contributed by atoms with Crippen LogP contribution >= 0.6 is 0 Å². The monoisotopic (exact) mass is 354 g/mol. The van der Waals surface area contributed by atoms with Gasteiger partial charge in [0.15, 0.2) is 0 Å². The van der Waals surface area contributed by atoms with Crippen LogP contribution in [0.4, 0.5) is 5.69 Å². The molecule has 1 heterocycles. The molecule has 140 valence electrons. The molecule has 0 fully saturated rings. The minimum atomic E-state index is -0.152. The number of nitrogens with one attached hydrogen (secondary N) is 1. The Morgan fingerprint density at radius 1 is 1.15 bits per heavy atom. The third-order valence-corrected chi connectivity index (χ3v) is 4.51. The number of amides is 1. The summed E-state index contributed by atoms with van der Waals surface area (Å²) < 4.78 is 5.96. The largest absolute Gasteiger partial charge is 0.493 e. The highest BCUT2D eigenvalue weighted by molar-refractivity contribution is 6.07. The first-order valence-electron chi connectivity index (χ1n) is 9.48. The van der Waals surface area contributed by atoms with Crippen LogP contribution in [0.15, 0.2) is 24.3 Å². The second-order valence-corrected chi connectivity index (χ2v) is 6.74. The minimum absolute atomic E-state index is 0.152. The molecule has 1 aromatic heterocycles. The molecule has 0 saturated carbocycles. The number of aromatic nitrogens is 1. The van der Waals surface area contributed by atoms with E-state index in [1.807, 2.05) is 45.0 Å². The molecule has 4 nitrogen and oxygen atoms in total. The van der Waals surface area contributed by atoms with Crippen molar-refractivity contribution in [2.45, 2.75) is 60.3 Å². The molecule has 4 heteroatoms. The Kier molecular flexibility index (Phi) is 7.19. The van der Waals surface area contributed by atoms with Crippen LogP contribution in [0, 0.1) is 20.8 Å². The van der Waals surface area contributed by atoms with Crippen LogP contribution in [-0.2, 0) is 6.42 Å². The van der Waals surface area contributed by atoms with Gasteiger partial charge in [0.1, 0.15) is 11.3 Å². The van der Waals surface area contributed by atoms with Crippen LogP contribution in [0.5, 0.6) is 5.75 Å². The number of carbonyl (C=O) groups excluding carboxylic acids is 1. The van der Waals surface area contributed by atoms with Crippen molar-refractivity contribution in [3.63, 3.8) is 0 Å². The second kappa shape index (κ2) is 9.37. The Morgan fingerprint density at radius 2 is 1.92 bits per heavy atom. The maximum absolute atomic E-state index is 13.1. The molecule has 0 aliphatic carbocycles. The lowest BCUT2D eigenvalue weighted by Crippen LogP contribution is -2.18. The quantitative estimate of drug-likeness (QED) is 0.647. The Labute approximate surface area is 157 Å². The lowest BCUT2D eigenvalue weighted by molar-refractivity contribution is 0.102. The Balaban J connectivity index is 2.40. The molecular formula is C22H30N2O2. The minimum Gasteiger partial charge on any atom is -0.493 e. The number of rotatable bonds is 8. The number of pyridine rings is 1. The van der Waals surface area contributed by atoms with Gasteiger partial charge in [-0.25, -0.2) is 0 Å². The van der Waals surface area contributed by atoms with E-state index >= 15 is 0 Å². The van der Waals surface area contributed by atoms with Gasteiger partial charge in [0.05, 0.1) is 12.3 Å². The normalized spacial score (nSPS) is 10.7. The highest BCUT2D eigenvalue weighted by atomic mass is 16.5. The molecule has 0 spiro atoms. The van der Waals surface area contributed by atoms with Gasteiger partial charge in [0.25, 0.3) is 5.91 Å². The highest BCUT2D eigenvalue weighted by Crippen LogP contribution is 2.27. The molecule has 1 amide bonds. The van der Waals surface area contributed by atoms with E-state index in [2.05, 4.69) is 24.1 Å². The lowest BCUT2D eigenvalue weighted by atomic mass is 10.0. The number of nitrogens with zero attached hydrogens (tertiary/aromatic N) is 1. The summed E-state index contributed by atoms with van der Waals surface area (Å²) in [7, 11) is 0. The average Bonchev–Trinajstić information content (AvgIpc) is 2.59. The summed E-state index contributed by atoms with van der Waals surface area (Å²) in [4.78, 5) is 17.7. The van der Waals surface area contributed by atoms with Gasteiger partial charge in [0, 0.05) is 17.4 Å². The van der Waals surface area contributed by atoms with Crippen molar-refractivity contribution in [2.75, 3.05) is 11.9 Å². The molecular weight excluding hydrogens is 324 g/mol. The SMILES string of the molecule is CCCCOc1cc(C)nc(CCC)c1C(=O)Nc1cccc(C)c1C. The van der Waals surface area contributed by atoms with Crippen molar-refractivity contribution in [1.29, 1.82) is 0 Å². The number of unbranched alkanes of at least 4 members (excludes halogenated alkanes) is 1. The molecule has 0 aliphatic rings. The summed E-state index contributed by atoms with van der Waals surface area (Å²) in [5, 5.41) is 3.06. The van der Waals surface area contributed by atoms with Crippen molar-refractivity contribution in [3.8, 4) is 5.75 Å². The molecule has 0 unspecified atom stereocenters. The van der Waals surface area contributed by atoms with E-state index in [0.29, 0.717) is 17.9 Å². The van der Waals surface area contributed by atoms with E-state index in [9.17, 15) is 4.79 Å². The first-order chi connectivity index (χ1) is 12.5. The third-order valence-electron chi connectivity index (χ3n) is 4.51. The number of aryl methyl sites for hydroxylation is 3. The number of anilines is 1. The molecule has 0 bridgehead atoms. The van der Waals surface area contributed by atoms with Crippen LogP contribution in [0.2, 0.25) is 0 Å². The number of carbonyl (C=O) groups is 1. The van der Waals surface area contributed by atoms with E-state index in [1.54, 1.807) is 0 Å². The summed E-state index contributed by atoms with van der Waals surface area (Å²) in [5.41, 5.74) is 5.31. The summed E-state index contributed by atoms with van der Waals surface area (Å²) in [5.74, 6) is 0.485. The molecule has 2 rings (SSSR count). The van der Waals surface area contributed by atoms with E-state index in [1.165, 1.54) is 0 Å². The first-order valence-corrected chi connectivity index (χ1v) is 9.48. The second-order valence-electron chi connectivity index (χ2n) is 6.74. The van der Waals surface area contributed by atoms with Gasteiger partial charge in [-0.2, -0.15) is 0 Å². The number of hydrogen-bond donors (Lipinski definition) is 1. The number of hydrogen-bond acceptors (Lipinski definition) is 3. The molecule has 1 aromatic carbocycles. The van der Waals surface area contributed by atoms with E-state index in [0.717, 1.165) is 53.9 Å². The van der Waals surface area contributed by atoms with Gasteiger partial charge in [-0.05, 0) is 50.8 Å². The van der Waals surface area contributed by atoms with Crippen molar-refractivity contribution < 1.29 is 9.53 Å². The van der Waals surface area contributed by atoms with E-state index in [-0.39, 0.29) is 5.91 Å². The zero-order valence-corrected chi connectivity index (χ0v) is 16.6. The summed E-state index contributed by atoms with van der Waals surface area (Å²) in [6, 6.07) is 7.79. The maximum Gasteiger partial charge on any atom is 0.261 e. The molecule has 0 aliphatic heterocycles. The Bertz CT molecular complexity index is 769. The summed E-state index contributed by atoms with van der Waals surface area (Å²) in [6.07, 6.45) is 3.69. The zero-order chi connectivity index (χ0) is 19.1. The molecule has 2 aromatic rings. The van der Waals surface area contributed by atoms with Gasteiger partial charge < -0.3 is 10.1 Å². The van der Waals surface area contributed by atoms with Crippen LogP contribution in [0.3, 0.4) is 0 Å². The van der Waals surface area contributed by atoms with Gasteiger partial charge in [-0.1, -0.05) is 38.8 Å². The van der Waals surface area contributed by atoms with Gasteiger partial charge in [0.2, 0.25) is 0 Å². The van der Waals surface area contributed by atoms with Crippen LogP contribution < -0.4 is 10.1 Å². The van der Waals surface area contributed by atoms with Crippen molar-refractivity contribution in [2.24, 2.45) is 0 Å². The van der Waals surface area contributed by atoms with Crippen LogP contribution in [-0.4, -0.2) is 17.5 Å². The first kappa shape index (κ1) is 20.0. The predicted molar refractivity (Wildman–Crippen MR) is 107 cm³/mol. The van der Waals surface area contributed by atoms with Gasteiger partial charge >= 0.3 is 0 Å². The van der Waals surface area contributed by atoms with Crippen molar-refractivity contribution >= 4 is 11.6 Å². The fraction of sp³-hybridized carbons (Fsp3) is 0.455. The molecule has 26 heavy (non-hydrogen) atoms. The van der Waals surface area contributed by atoms with E-state index in [4.69, 9.17) is 4.74 Å². The Morgan fingerprint density at radius 3 is 2.62 bits per heavy atom. The van der Waals surface area contributed by atoms with Crippen molar-refractivity contribution in [3.05, 3.63) is 52.3 Å². The van der Waals surface area contributed by atoms with Gasteiger partial charge in [-0.15, -0.1) is 0 Å². The average molecular weight is 354 g/mol. The molecule has 0 atom stereocenters. The fourth-order valence-electron chi connectivity index (χ4n) is 2.88. The number of ether oxygens (including phenoxy) is 1.